The molecular weight excluding hydrogens is 234 g/mol. The molecule has 1 aromatic carbocycles. The van der Waals surface area contributed by atoms with Gasteiger partial charge in [0.05, 0.1) is 0 Å². The van der Waals surface area contributed by atoms with Gasteiger partial charge in [0.1, 0.15) is 0 Å². The van der Waals surface area contributed by atoms with E-state index in [0.29, 0.717) is 12.0 Å². The van der Waals surface area contributed by atoms with Gasteiger partial charge in [-0.3, -0.25) is 4.90 Å². The Kier molecular flexibility index (Phi) is 5.37. The molecule has 1 saturated heterocycles. The quantitative estimate of drug-likeness (QED) is 0.876. The summed E-state index contributed by atoms with van der Waals surface area (Å²) in [5.74, 6) is 0.578. The average Bonchev–Trinajstić information content (AvgIpc) is 2.46. The summed E-state index contributed by atoms with van der Waals surface area (Å²) in [6.45, 7) is 7.71. The van der Waals surface area contributed by atoms with E-state index in [4.69, 9.17) is 5.73 Å². The van der Waals surface area contributed by atoms with Crippen LogP contribution in [0.25, 0.3) is 0 Å². The number of hydrogen-bond acceptors (Lipinski definition) is 3. The molecule has 3 nitrogen and oxygen atoms in total. The fraction of sp³-hybridized carbons (Fsp3) is 0.625. The second-order valence-corrected chi connectivity index (χ2v) is 5.78. The van der Waals surface area contributed by atoms with Crippen molar-refractivity contribution in [2.75, 3.05) is 39.8 Å². The van der Waals surface area contributed by atoms with Crippen LogP contribution in [0.3, 0.4) is 0 Å². The molecule has 2 N–H and O–H groups in total. The fourth-order valence-corrected chi connectivity index (χ4v) is 2.91. The highest BCUT2D eigenvalue weighted by atomic mass is 15.3. The van der Waals surface area contributed by atoms with Gasteiger partial charge in [-0.15, -0.1) is 0 Å². The van der Waals surface area contributed by atoms with Gasteiger partial charge < -0.3 is 10.6 Å². The lowest BCUT2D eigenvalue weighted by atomic mass is 9.93. The molecule has 0 aromatic heterocycles. The maximum absolute atomic E-state index is 6.01. The van der Waals surface area contributed by atoms with Gasteiger partial charge in [0.25, 0.3) is 0 Å². The lowest BCUT2D eigenvalue weighted by molar-refractivity contribution is 0.107. The summed E-state index contributed by atoms with van der Waals surface area (Å²) in [4.78, 5) is 4.96. The van der Waals surface area contributed by atoms with Crippen LogP contribution in [0.5, 0.6) is 0 Å². The van der Waals surface area contributed by atoms with Crippen molar-refractivity contribution in [3.63, 3.8) is 0 Å². The molecule has 1 heterocycles. The molecule has 1 aromatic rings. The number of nitrogens with two attached hydrogens (primary N) is 1. The van der Waals surface area contributed by atoms with Crippen LogP contribution in [-0.4, -0.2) is 55.6 Å². The van der Waals surface area contributed by atoms with E-state index in [1.54, 1.807) is 0 Å². The monoisotopic (exact) mass is 261 g/mol. The minimum absolute atomic E-state index is 0.518. The molecule has 1 aliphatic heterocycles. The first-order chi connectivity index (χ1) is 9.20. The van der Waals surface area contributed by atoms with Gasteiger partial charge in [0.2, 0.25) is 0 Å². The minimum Gasteiger partial charge on any atom is -0.329 e. The van der Waals surface area contributed by atoms with E-state index < -0.39 is 0 Å². The van der Waals surface area contributed by atoms with Gasteiger partial charge >= 0.3 is 0 Å². The topological polar surface area (TPSA) is 32.5 Å². The first-order valence-corrected chi connectivity index (χ1v) is 7.38. The second kappa shape index (κ2) is 7.04. The largest absolute Gasteiger partial charge is 0.329 e. The van der Waals surface area contributed by atoms with Crippen molar-refractivity contribution in [2.45, 2.75) is 25.3 Å². The summed E-state index contributed by atoms with van der Waals surface area (Å²) >= 11 is 0. The van der Waals surface area contributed by atoms with Crippen LogP contribution < -0.4 is 5.73 Å². The zero-order valence-corrected chi connectivity index (χ0v) is 12.3. The fourth-order valence-electron chi connectivity index (χ4n) is 2.91. The minimum atomic E-state index is 0.518. The van der Waals surface area contributed by atoms with Crippen molar-refractivity contribution in [3.8, 4) is 0 Å². The van der Waals surface area contributed by atoms with Gasteiger partial charge in [-0.1, -0.05) is 37.3 Å². The summed E-state index contributed by atoms with van der Waals surface area (Å²) in [6, 6.07) is 11.3. The third kappa shape index (κ3) is 4.03. The first kappa shape index (κ1) is 14.5. The highest BCUT2D eigenvalue weighted by Crippen LogP contribution is 2.22. The Hall–Kier alpha value is -0.900. The summed E-state index contributed by atoms with van der Waals surface area (Å²) in [6.07, 6.45) is 1.16. The van der Waals surface area contributed by atoms with Gasteiger partial charge in [0, 0.05) is 38.8 Å². The van der Waals surface area contributed by atoms with E-state index in [0.717, 1.165) is 39.1 Å². The van der Waals surface area contributed by atoms with Crippen molar-refractivity contribution in [1.29, 1.82) is 0 Å². The normalized spacial score (nSPS) is 21.2. The average molecular weight is 261 g/mol. The van der Waals surface area contributed by atoms with E-state index in [-0.39, 0.29) is 0 Å². The summed E-state index contributed by atoms with van der Waals surface area (Å²) in [5.41, 5.74) is 7.44. The Bertz CT molecular complexity index is 358. The van der Waals surface area contributed by atoms with E-state index in [1.165, 1.54) is 5.56 Å². The lowest BCUT2D eigenvalue weighted by Crippen LogP contribution is -2.51. The van der Waals surface area contributed by atoms with Crippen LogP contribution in [0.15, 0.2) is 30.3 Å². The maximum atomic E-state index is 6.01. The highest BCUT2D eigenvalue weighted by Gasteiger charge is 2.23. The number of benzene rings is 1. The Balaban J connectivity index is 1.92. The molecule has 1 fully saturated rings. The maximum Gasteiger partial charge on any atom is 0.0225 e. The number of piperazine rings is 1. The van der Waals surface area contributed by atoms with Gasteiger partial charge in [0.15, 0.2) is 0 Å². The van der Waals surface area contributed by atoms with Crippen molar-refractivity contribution in [1.82, 2.24) is 9.80 Å². The standard InChI is InChI=1S/C16H27N3/c1-14(15-6-4-3-5-7-15)12-16(13-17)19-10-8-18(2)9-11-19/h3-7,14,16H,8-13,17H2,1-2H3. The molecule has 106 valence electrons. The van der Waals surface area contributed by atoms with Crippen LogP contribution in [-0.2, 0) is 0 Å². The zero-order chi connectivity index (χ0) is 13.7. The summed E-state index contributed by atoms with van der Waals surface area (Å²) in [7, 11) is 2.20. The van der Waals surface area contributed by atoms with Crippen LogP contribution in [0.4, 0.5) is 0 Å². The SMILES string of the molecule is CC(CC(CN)N1CCN(C)CC1)c1ccccc1. The number of hydrogen-bond donors (Lipinski definition) is 1. The smallest absolute Gasteiger partial charge is 0.0225 e. The molecule has 1 aliphatic rings. The van der Waals surface area contributed by atoms with Crippen LogP contribution in [0.1, 0.15) is 24.8 Å². The molecule has 2 unspecified atom stereocenters. The van der Waals surface area contributed by atoms with Crippen LogP contribution in [0, 0.1) is 0 Å². The summed E-state index contributed by atoms with van der Waals surface area (Å²) in [5, 5.41) is 0. The van der Waals surface area contributed by atoms with Crippen LogP contribution >= 0.6 is 0 Å². The first-order valence-electron chi connectivity index (χ1n) is 7.38. The lowest BCUT2D eigenvalue weighted by Gasteiger charge is -2.38. The van der Waals surface area contributed by atoms with Gasteiger partial charge in [-0.25, -0.2) is 0 Å². The Labute approximate surface area is 117 Å². The van der Waals surface area contributed by atoms with E-state index in [9.17, 15) is 0 Å². The van der Waals surface area contributed by atoms with Gasteiger partial charge in [-0.2, -0.15) is 0 Å². The second-order valence-electron chi connectivity index (χ2n) is 5.78. The van der Waals surface area contributed by atoms with E-state index in [2.05, 4.69) is 54.1 Å². The van der Waals surface area contributed by atoms with Crippen molar-refractivity contribution >= 4 is 0 Å². The Morgan fingerprint density at radius 1 is 1.11 bits per heavy atom. The summed E-state index contributed by atoms with van der Waals surface area (Å²) < 4.78 is 0. The predicted molar refractivity (Wildman–Crippen MR) is 81.4 cm³/mol. The highest BCUT2D eigenvalue weighted by molar-refractivity contribution is 5.19. The number of rotatable bonds is 5. The van der Waals surface area contributed by atoms with Crippen molar-refractivity contribution < 1.29 is 0 Å². The van der Waals surface area contributed by atoms with Crippen molar-refractivity contribution in [2.24, 2.45) is 5.73 Å². The van der Waals surface area contributed by atoms with Crippen molar-refractivity contribution in [3.05, 3.63) is 35.9 Å². The third-order valence-electron chi connectivity index (χ3n) is 4.32. The molecule has 19 heavy (non-hydrogen) atoms. The van der Waals surface area contributed by atoms with E-state index >= 15 is 0 Å². The van der Waals surface area contributed by atoms with E-state index in [1.807, 2.05) is 0 Å². The Morgan fingerprint density at radius 2 is 1.74 bits per heavy atom. The molecule has 0 spiro atoms. The molecule has 0 saturated carbocycles. The Morgan fingerprint density at radius 3 is 2.32 bits per heavy atom. The zero-order valence-electron chi connectivity index (χ0n) is 12.3. The molecule has 2 rings (SSSR count). The number of nitrogens with zero attached hydrogens (tertiary/aromatic N) is 2. The van der Waals surface area contributed by atoms with Gasteiger partial charge in [-0.05, 0) is 24.9 Å². The molecular formula is C16H27N3. The predicted octanol–water partition coefficient (Wildman–Crippen LogP) is 1.75. The molecule has 3 heteroatoms. The number of likely N-dealkylation sites (N-methyl/N-ethyl adjacent to an activating group) is 1. The molecule has 0 amide bonds. The molecule has 0 bridgehead atoms. The molecule has 0 aliphatic carbocycles. The molecule has 0 radical (unpaired) electrons. The van der Waals surface area contributed by atoms with Crippen LogP contribution in [0.2, 0.25) is 0 Å². The third-order valence-corrected chi connectivity index (χ3v) is 4.32. The molecule has 2 atom stereocenters.